The van der Waals surface area contributed by atoms with E-state index in [1.165, 1.54) is 5.56 Å². The molecule has 0 aliphatic carbocycles. The first-order valence-electron chi connectivity index (χ1n) is 6.49. The van der Waals surface area contributed by atoms with Crippen molar-refractivity contribution in [2.45, 2.75) is 26.2 Å². The van der Waals surface area contributed by atoms with E-state index in [0.29, 0.717) is 12.3 Å². The van der Waals surface area contributed by atoms with Crippen LogP contribution in [0.1, 0.15) is 18.1 Å². The van der Waals surface area contributed by atoms with Crippen LogP contribution in [0.2, 0.25) is 0 Å². The summed E-state index contributed by atoms with van der Waals surface area (Å²) in [6.07, 6.45) is 0.00880. The summed E-state index contributed by atoms with van der Waals surface area (Å²) in [5.41, 5.74) is 2.12. The summed E-state index contributed by atoms with van der Waals surface area (Å²) in [6.45, 7) is 3.56. The number of hydrogen-bond acceptors (Lipinski definition) is 3. The van der Waals surface area contributed by atoms with Gasteiger partial charge in [0.1, 0.15) is 17.7 Å². The molecule has 1 aliphatic rings. The predicted molar refractivity (Wildman–Crippen MR) is 73.9 cm³/mol. The Bertz CT molecular complexity index is 582. The standard InChI is InChI=1S/C16H17NO2/c1-12-17(10-13-6-2-4-8-15(13)18)11-14-7-3-5-9-16(14)19-12/h2-9,12,18H,10-11H2,1H3. The maximum atomic E-state index is 9.86. The van der Waals surface area contributed by atoms with Gasteiger partial charge in [0.15, 0.2) is 0 Å². The number of rotatable bonds is 2. The van der Waals surface area contributed by atoms with Crippen molar-refractivity contribution in [3.8, 4) is 11.5 Å². The van der Waals surface area contributed by atoms with Crippen LogP contribution in [0.25, 0.3) is 0 Å². The van der Waals surface area contributed by atoms with Crippen LogP contribution in [-0.2, 0) is 13.1 Å². The predicted octanol–water partition coefficient (Wildman–Crippen LogP) is 3.13. The molecular weight excluding hydrogens is 238 g/mol. The molecule has 3 heteroatoms. The molecule has 1 atom stereocenters. The van der Waals surface area contributed by atoms with Crippen LogP contribution < -0.4 is 4.74 Å². The van der Waals surface area contributed by atoms with E-state index < -0.39 is 0 Å². The van der Waals surface area contributed by atoms with Crippen molar-refractivity contribution in [2.75, 3.05) is 0 Å². The Morgan fingerprint density at radius 3 is 2.74 bits per heavy atom. The Morgan fingerprint density at radius 2 is 1.89 bits per heavy atom. The lowest BCUT2D eigenvalue weighted by Gasteiger charge is -2.35. The third-order valence-electron chi connectivity index (χ3n) is 3.52. The molecule has 0 fully saturated rings. The van der Waals surface area contributed by atoms with Crippen molar-refractivity contribution in [1.29, 1.82) is 0 Å². The molecule has 0 radical (unpaired) electrons. The number of fused-ring (bicyclic) bond motifs is 1. The summed E-state index contributed by atoms with van der Waals surface area (Å²) in [5, 5.41) is 9.86. The van der Waals surface area contributed by atoms with Crippen LogP contribution in [0.5, 0.6) is 11.5 Å². The maximum absolute atomic E-state index is 9.86. The summed E-state index contributed by atoms with van der Waals surface area (Å²) >= 11 is 0. The minimum absolute atomic E-state index is 0.00880. The molecule has 2 aromatic carbocycles. The lowest BCUT2D eigenvalue weighted by Crippen LogP contribution is -2.39. The molecule has 19 heavy (non-hydrogen) atoms. The zero-order valence-corrected chi connectivity index (χ0v) is 10.9. The average molecular weight is 255 g/mol. The van der Waals surface area contributed by atoms with E-state index in [0.717, 1.165) is 17.9 Å². The van der Waals surface area contributed by atoms with Crippen molar-refractivity contribution < 1.29 is 9.84 Å². The van der Waals surface area contributed by atoms with E-state index in [1.807, 2.05) is 43.3 Å². The minimum Gasteiger partial charge on any atom is -0.508 e. The molecule has 0 amide bonds. The second kappa shape index (κ2) is 4.94. The molecule has 2 aromatic rings. The highest BCUT2D eigenvalue weighted by atomic mass is 16.5. The minimum atomic E-state index is 0.00880. The van der Waals surface area contributed by atoms with Crippen LogP contribution in [0.3, 0.4) is 0 Å². The number of benzene rings is 2. The van der Waals surface area contributed by atoms with E-state index in [1.54, 1.807) is 6.07 Å². The molecule has 0 bridgehead atoms. The normalized spacial score (nSPS) is 18.7. The largest absolute Gasteiger partial charge is 0.508 e. The Balaban J connectivity index is 1.82. The van der Waals surface area contributed by atoms with Gasteiger partial charge in [-0.15, -0.1) is 0 Å². The highest BCUT2D eigenvalue weighted by Crippen LogP contribution is 2.29. The van der Waals surface area contributed by atoms with Gasteiger partial charge >= 0.3 is 0 Å². The molecule has 0 saturated heterocycles. The van der Waals surface area contributed by atoms with Gasteiger partial charge < -0.3 is 9.84 Å². The highest BCUT2D eigenvalue weighted by molar-refractivity contribution is 5.36. The van der Waals surface area contributed by atoms with Gasteiger partial charge in [-0.3, -0.25) is 4.90 Å². The van der Waals surface area contributed by atoms with Gasteiger partial charge in [-0.2, -0.15) is 0 Å². The third kappa shape index (κ3) is 2.42. The van der Waals surface area contributed by atoms with Gasteiger partial charge in [-0.25, -0.2) is 0 Å². The molecule has 1 unspecified atom stereocenters. The molecule has 1 aliphatic heterocycles. The molecule has 0 spiro atoms. The average Bonchev–Trinajstić information content (AvgIpc) is 2.42. The lowest BCUT2D eigenvalue weighted by molar-refractivity contribution is 0.00674. The van der Waals surface area contributed by atoms with Gasteiger partial charge in [0, 0.05) is 24.2 Å². The highest BCUT2D eigenvalue weighted by Gasteiger charge is 2.24. The summed E-state index contributed by atoms with van der Waals surface area (Å²) < 4.78 is 5.90. The summed E-state index contributed by atoms with van der Waals surface area (Å²) in [4.78, 5) is 2.21. The van der Waals surface area contributed by atoms with Crippen molar-refractivity contribution in [3.05, 3.63) is 59.7 Å². The van der Waals surface area contributed by atoms with Gasteiger partial charge in [0.25, 0.3) is 0 Å². The second-order valence-electron chi connectivity index (χ2n) is 4.86. The number of phenols is 1. The van der Waals surface area contributed by atoms with Crippen LogP contribution >= 0.6 is 0 Å². The maximum Gasteiger partial charge on any atom is 0.150 e. The molecule has 1 N–H and O–H groups in total. The molecule has 3 nitrogen and oxygen atoms in total. The Morgan fingerprint density at radius 1 is 1.16 bits per heavy atom. The number of nitrogens with zero attached hydrogens (tertiary/aromatic N) is 1. The van der Waals surface area contributed by atoms with Crippen molar-refractivity contribution >= 4 is 0 Å². The Kier molecular flexibility index (Phi) is 3.13. The van der Waals surface area contributed by atoms with Crippen LogP contribution in [0, 0.1) is 0 Å². The monoisotopic (exact) mass is 255 g/mol. The number of phenolic OH excluding ortho intramolecular Hbond substituents is 1. The smallest absolute Gasteiger partial charge is 0.150 e. The first-order chi connectivity index (χ1) is 9.24. The number of aromatic hydroxyl groups is 1. The molecule has 98 valence electrons. The van der Waals surface area contributed by atoms with E-state index in [9.17, 15) is 5.11 Å². The topological polar surface area (TPSA) is 32.7 Å². The van der Waals surface area contributed by atoms with Gasteiger partial charge in [-0.1, -0.05) is 36.4 Å². The second-order valence-corrected chi connectivity index (χ2v) is 4.86. The third-order valence-corrected chi connectivity index (χ3v) is 3.52. The zero-order valence-electron chi connectivity index (χ0n) is 10.9. The Labute approximate surface area is 113 Å². The van der Waals surface area contributed by atoms with Crippen molar-refractivity contribution in [2.24, 2.45) is 0 Å². The van der Waals surface area contributed by atoms with Crippen LogP contribution in [-0.4, -0.2) is 16.2 Å². The van der Waals surface area contributed by atoms with Gasteiger partial charge in [0.2, 0.25) is 0 Å². The first-order valence-corrected chi connectivity index (χ1v) is 6.49. The summed E-state index contributed by atoms with van der Waals surface area (Å²) in [6, 6.07) is 15.5. The Hall–Kier alpha value is -2.00. The molecular formula is C16H17NO2. The molecule has 0 aromatic heterocycles. The summed E-state index contributed by atoms with van der Waals surface area (Å²) in [7, 11) is 0. The van der Waals surface area contributed by atoms with Gasteiger partial charge in [0.05, 0.1) is 0 Å². The fraction of sp³-hybridized carbons (Fsp3) is 0.250. The van der Waals surface area contributed by atoms with E-state index >= 15 is 0 Å². The summed E-state index contributed by atoms with van der Waals surface area (Å²) in [5.74, 6) is 1.30. The number of ether oxygens (including phenoxy) is 1. The first kappa shape index (κ1) is 12.1. The van der Waals surface area contributed by atoms with Gasteiger partial charge in [-0.05, 0) is 19.1 Å². The van der Waals surface area contributed by atoms with Crippen LogP contribution in [0.4, 0.5) is 0 Å². The van der Waals surface area contributed by atoms with Crippen LogP contribution in [0.15, 0.2) is 48.5 Å². The lowest BCUT2D eigenvalue weighted by atomic mass is 10.1. The number of para-hydroxylation sites is 2. The number of hydrogen-bond donors (Lipinski definition) is 1. The fourth-order valence-electron chi connectivity index (χ4n) is 2.40. The van der Waals surface area contributed by atoms with Crippen molar-refractivity contribution in [3.63, 3.8) is 0 Å². The van der Waals surface area contributed by atoms with Crippen molar-refractivity contribution in [1.82, 2.24) is 4.90 Å². The van der Waals surface area contributed by atoms with E-state index in [2.05, 4.69) is 11.0 Å². The van der Waals surface area contributed by atoms with E-state index in [-0.39, 0.29) is 6.23 Å². The van der Waals surface area contributed by atoms with E-state index in [4.69, 9.17) is 4.74 Å². The SMILES string of the molecule is CC1Oc2ccccc2CN1Cc1ccccc1O. The zero-order chi connectivity index (χ0) is 13.2. The molecule has 1 heterocycles. The fourth-order valence-corrected chi connectivity index (χ4v) is 2.40. The quantitative estimate of drug-likeness (QED) is 0.895. The molecule has 0 saturated carbocycles. The molecule has 3 rings (SSSR count).